The van der Waals surface area contributed by atoms with Gasteiger partial charge in [0.1, 0.15) is 17.7 Å². The minimum atomic E-state index is -1.08. The number of amides is 3. The van der Waals surface area contributed by atoms with Crippen LogP contribution in [0.2, 0.25) is 0 Å². The molecule has 3 aliphatic rings. The first-order chi connectivity index (χ1) is 19.1. The molecule has 0 aliphatic carbocycles. The Bertz CT molecular complexity index is 954. The van der Waals surface area contributed by atoms with Crippen LogP contribution in [-0.2, 0) is 28.7 Å². The van der Waals surface area contributed by atoms with Crippen LogP contribution >= 0.6 is 0 Å². The largest absolute Gasteiger partial charge is 0.460 e. The first kappa shape index (κ1) is 31.8. The van der Waals surface area contributed by atoms with Crippen LogP contribution in [0.25, 0.3) is 0 Å². The molecule has 224 valence electrons. The molecular weight excluding hydrogens is 514 g/mol. The molecule has 10 heteroatoms. The lowest BCUT2D eigenvalue weighted by Crippen LogP contribution is -2.57. The second-order valence-corrected chi connectivity index (χ2v) is 11.5. The number of carbonyl (C=O) groups excluding carboxylic acids is 4. The quantitative estimate of drug-likeness (QED) is 0.159. The summed E-state index contributed by atoms with van der Waals surface area (Å²) in [6, 6.07) is -0.932. The highest BCUT2D eigenvalue weighted by Crippen LogP contribution is 2.59. The molecule has 3 saturated heterocycles. The van der Waals surface area contributed by atoms with Crippen molar-refractivity contribution >= 4 is 23.7 Å². The minimum absolute atomic E-state index is 0.107. The Labute approximate surface area is 238 Å². The van der Waals surface area contributed by atoms with Gasteiger partial charge in [-0.1, -0.05) is 25.0 Å². The zero-order valence-electron chi connectivity index (χ0n) is 24.3. The van der Waals surface area contributed by atoms with Gasteiger partial charge in [-0.3, -0.25) is 19.2 Å². The number of unbranched alkanes of at least 4 members (excludes halogenated alkanes) is 3. The van der Waals surface area contributed by atoms with E-state index < -0.39 is 41.7 Å². The molecule has 0 aromatic carbocycles. The van der Waals surface area contributed by atoms with E-state index in [9.17, 15) is 19.2 Å². The first-order valence-corrected chi connectivity index (χ1v) is 14.7. The van der Waals surface area contributed by atoms with Gasteiger partial charge < -0.3 is 29.7 Å². The van der Waals surface area contributed by atoms with Gasteiger partial charge in [0.15, 0.2) is 0 Å². The van der Waals surface area contributed by atoms with Crippen LogP contribution in [-0.4, -0.2) is 94.7 Å². The van der Waals surface area contributed by atoms with Gasteiger partial charge in [-0.15, -0.1) is 13.2 Å². The lowest BCUT2D eigenvalue weighted by molar-refractivity contribution is -0.159. The third kappa shape index (κ3) is 6.60. The van der Waals surface area contributed by atoms with Crippen molar-refractivity contribution in [3.63, 3.8) is 0 Å². The number of aliphatic hydroxyl groups excluding tert-OH is 1. The van der Waals surface area contributed by atoms with Gasteiger partial charge >= 0.3 is 5.97 Å². The molecule has 3 aliphatic heterocycles. The zero-order chi connectivity index (χ0) is 29.4. The zero-order valence-corrected chi connectivity index (χ0v) is 24.3. The lowest BCUT2D eigenvalue weighted by Gasteiger charge is -2.38. The maximum Gasteiger partial charge on any atom is 0.312 e. The SMILES string of the molecule is C=CCCC(=O)NC[C@@H](C)OC(=O)[C@@H]1[C@@H]2CC[C@]3(O2)[C@H](C(=O)N(CC=C)C(C)C)N(CCCCCCO)C(=O)[C@@H]13. The second-order valence-electron chi connectivity index (χ2n) is 11.5. The monoisotopic (exact) mass is 561 g/mol. The Morgan fingerprint density at radius 2 is 1.93 bits per heavy atom. The number of aliphatic hydroxyl groups is 1. The molecule has 0 aromatic rings. The summed E-state index contributed by atoms with van der Waals surface area (Å²) in [6.45, 7) is 14.0. The number of nitrogens with one attached hydrogen (secondary N) is 1. The van der Waals surface area contributed by atoms with Crippen LogP contribution in [0.1, 0.15) is 72.1 Å². The average molecular weight is 562 g/mol. The Kier molecular flexibility index (Phi) is 11.3. The van der Waals surface area contributed by atoms with E-state index in [2.05, 4.69) is 18.5 Å². The van der Waals surface area contributed by atoms with Gasteiger partial charge in [-0.25, -0.2) is 0 Å². The van der Waals surface area contributed by atoms with E-state index >= 15 is 0 Å². The summed E-state index contributed by atoms with van der Waals surface area (Å²) < 4.78 is 12.2. The van der Waals surface area contributed by atoms with Crippen LogP contribution < -0.4 is 5.32 Å². The molecule has 1 spiro atoms. The van der Waals surface area contributed by atoms with Crippen molar-refractivity contribution in [3.8, 4) is 0 Å². The highest BCUT2D eigenvalue weighted by atomic mass is 16.6. The van der Waals surface area contributed by atoms with Crippen molar-refractivity contribution in [1.29, 1.82) is 0 Å². The van der Waals surface area contributed by atoms with Crippen LogP contribution in [0.15, 0.2) is 25.3 Å². The molecule has 0 radical (unpaired) electrons. The Hall–Kier alpha value is -2.72. The summed E-state index contributed by atoms with van der Waals surface area (Å²) in [5.74, 6) is -2.70. The predicted octanol–water partition coefficient (Wildman–Crippen LogP) is 2.35. The van der Waals surface area contributed by atoms with E-state index in [1.165, 1.54) is 0 Å². The van der Waals surface area contributed by atoms with Crippen molar-refractivity contribution in [2.45, 2.75) is 102 Å². The van der Waals surface area contributed by atoms with E-state index in [1.54, 1.807) is 28.9 Å². The van der Waals surface area contributed by atoms with Crippen LogP contribution in [0.5, 0.6) is 0 Å². The molecule has 0 saturated carbocycles. The standard InChI is InChI=1S/C30H47N3O7/c1-6-8-13-23(35)31-19-21(5)39-29(38)24-22-14-15-30(40-22)25(24)27(36)33(17-11-9-10-12-18-34)26(30)28(37)32(16-7-2)20(3)4/h6-7,20-22,24-26,34H,1-2,8-19H2,3-5H3,(H,31,35)/t21-,22+,24-,25-,26+,30-/m1/s1. The fourth-order valence-corrected chi connectivity index (χ4v) is 6.44. The predicted molar refractivity (Wildman–Crippen MR) is 150 cm³/mol. The first-order valence-electron chi connectivity index (χ1n) is 14.7. The van der Waals surface area contributed by atoms with Crippen molar-refractivity contribution < 1.29 is 33.8 Å². The molecule has 40 heavy (non-hydrogen) atoms. The van der Waals surface area contributed by atoms with Gasteiger partial charge in [-0.05, 0) is 52.9 Å². The van der Waals surface area contributed by atoms with E-state index in [0.29, 0.717) is 51.6 Å². The van der Waals surface area contributed by atoms with Crippen molar-refractivity contribution in [3.05, 3.63) is 25.3 Å². The summed E-state index contributed by atoms with van der Waals surface area (Å²) >= 11 is 0. The molecule has 6 atom stereocenters. The Morgan fingerprint density at radius 1 is 1.20 bits per heavy atom. The number of carbonyl (C=O) groups is 4. The number of hydrogen-bond acceptors (Lipinski definition) is 7. The number of likely N-dealkylation sites (tertiary alicyclic amines) is 1. The molecule has 3 heterocycles. The van der Waals surface area contributed by atoms with Gasteiger partial charge in [0, 0.05) is 32.2 Å². The molecular formula is C30H47N3O7. The topological polar surface area (TPSA) is 125 Å². The normalized spacial score (nSPS) is 27.4. The fourth-order valence-electron chi connectivity index (χ4n) is 6.44. The number of ether oxygens (including phenoxy) is 2. The van der Waals surface area contributed by atoms with E-state index in [4.69, 9.17) is 14.6 Å². The van der Waals surface area contributed by atoms with Crippen LogP contribution in [0.3, 0.4) is 0 Å². The smallest absolute Gasteiger partial charge is 0.312 e. The lowest BCUT2D eigenvalue weighted by atomic mass is 9.70. The molecule has 2 bridgehead atoms. The highest BCUT2D eigenvalue weighted by molar-refractivity contribution is 5.98. The Morgan fingerprint density at radius 3 is 2.58 bits per heavy atom. The van der Waals surface area contributed by atoms with E-state index in [1.807, 2.05) is 13.8 Å². The number of esters is 1. The fraction of sp³-hybridized carbons (Fsp3) is 0.733. The third-order valence-corrected chi connectivity index (χ3v) is 8.33. The number of rotatable bonds is 17. The molecule has 3 amide bonds. The Balaban J connectivity index is 1.81. The van der Waals surface area contributed by atoms with Crippen LogP contribution in [0.4, 0.5) is 0 Å². The molecule has 3 rings (SSSR count). The van der Waals surface area contributed by atoms with Crippen molar-refractivity contribution in [1.82, 2.24) is 15.1 Å². The summed E-state index contributed by atoms with van der Waals surface area (Å²) in [6.07, 6.45) is 7.23. The highest BCUT2D eigenvalue weighted by Gasteiger charge is 2.75. The number of nitrogens with zero attached hydrogens (tertiary/aromatic N) is 2. The number of hydrogen-bond donors (Lipinski definition) is 2. The van der Waals surface area contributed by atoms with Gasteiger partial charge in [0.2, 0.25) is 17.7 Å². The van der Waals surface area contributed by atoms with Gasteiger partial charge in [-0.2, -0.15) is 0 Å². The molecule has 2 N–H and O–H groups in total. The second kappa shape index (κ2) is 14.3. The summed E-state index contributed by atoms with van der Waals surface area (Å²) in [7, 11) is 0. The average Bonchev–Trinajstić information content (AvgIpc) is 3.56. The van der Waals surface area contributed by atoms with E-state index in [-0.39, 0.29) is 36.9 Å². The van der Waals surface area contributed by atoms with Gasteiger partial charge in [0.25, 0.3) is 0 Å². The molecule has 10 nitrogen and oxygen atoms in total. The van der Waals surface area contributed by atoms with Gasteiger partial charge in [0.05, 0.1) is 24.5 Å². The van der Waals surface area contributed by atoms with E-state index in [0.717, 1.165) is 12.8 Å². The maximum atomic E-state index is 14.1. The summed E-state index contributed by atoms with van der Waals surface area (Å²) in [5, 5.41) is 11.9. The third-order valence-electron chi connectivity index (χ3n) is 8.33. The summed E-state index contributed by atoms with van der Waals surface area (Å²) in [5.41, 5.74) is -1.08. The maximum absolute atomic E-state index is 14.1. The molecule has 3 fully saturated rings. The van der Waals surface area contributed by atoms with Crippen molar-refractivity contribution in [2.75, 3.05) is 26.2 Å². The van der Waals surface area contributed by atoms with Crippen molar-refractivity contribution in [2.24, 2.45) is 11.8 Å². The summed E-state index contributed by atoms with van der Waals surface area (Å²) in [4.78, 5) is 56.9. The minimum Gasteiger partial charge on any atom is -0.460 e. The number of fused-ring (bicyclic) bond motifs is 1. The molecule has 0 unspecified atom stereocenters. The molecule has 0 aromatic heterocycles. The number of allylic oxidation sites excluding steroid dienone is 1. The van der Waals surface area contributed by atoms with Crippen LogP contribution in [0, 0.1) is 11.8 Å².